The molecule has 2 bridgehead atoms. The topological polar surface area (TPSA) is 263 Å². The summed E-state index contributed by atoms with van der Waals surface area (Å²) in [4.78, 5) is 79.8. The van der Waals surface area contributed by atoms with E-state index in [1.165, 1.54) is 49.4 Å². The normalized spacial score (nSPS) is 28.1. The number of aromatic nitrogens is 3. The number of rotatable bonds is 10. The molecule has 1 aromatic carbocycles. The van der Waals surface area contributed by atoms with Gasteiger partial charge in [0.05, 0.1) is 48.0 Å². The van der Waals surface area contributed by atoms with Crippen molar-refractivity contribution in [2.24, 2.45) is 5.16 Å². The smallest absolute Gasteiger partial charge is 0.350 e. The summed E-state index contributed by atoms with van der Waals surface area (Å²) in [6.07, 6.45) is 4.38. The molecular formula is C34H38N8O10S2. The van der Waals surface area contributed by atoms with Crippen LogP contribution in [0, 0.1) is 0 Å². The van der Waals surface area contributed by atoms with E-state index < -0.39 is 52.2 Å². The number of benzene rings is 1. The molecule has 2 amide bonds. The summed E-state index contributed by atoms with van der Waals surface area (Å²) in [5, 5.41) is 49.1. The lowest BCUT2D eigenvalue weighted by Gasteiger charge is -2.54. The number of aromatic hydroxyl groups is 2. The Morgan fingerprint density at radius 3 is 2.44 bits per heavy atom. The van der Waals surface area contributed by atoms with Gasteiger partial charge in [0.2, 0.25) is 5.60 Å². The second-order valence-corrected chi connectivity index (χ2v) is 17.1. The summed E-state index contributed by atoms with van der Waals surface area (Å²) in [7, 11) is 2.07. The molecule has 6 heterocycles. The molecule has 2 aromatic heterocycles. The number of carbonyl (C=O) groups excluding carboxylic acids is 3. The Morgan fingerprint density at radius 1 is 1.17 bits per heavy atom. The number of carbonyl (C=O) groups is 4. The molecule has 7 rings (SSSR count). The standard InChI is InChI=1S/C34H38N8O10S2/c1-14-19(11-42(4)16-5-6-17(42)8-15(7-16)40-13-36-20-10-23(44)22(43)9-18(20)28(40)46)26(31(48)49)41-29(47)25(30(41)54-14)38-27(45)24(21-12-53-33(35)37-21)39-52-34(2,3)32(50)51/h9-10,12-17,25,30H,5-8,11H2,1-4H3,(H6-,35,37,38,39,43,44,45,46,48,49,50,51)/t14-,15?,16-,17+,25+,30+,42+/m0/s1. The molecule has 0 saturated carbocycles. The summed E-state index contributed by atoms with van der Waals surface area (Å²) in [5.74, 6) is -5.19. The van der Waals surface area contributed by atoms with E-state index in [-0.39, 0.29) is 62.1 Å². The van der Waals surface area contributed by atoms with E-state index in [9.17, 15) is 44.4 Å². The molecule has 0 spiro atoms. The number of piperidine rings is 1. The van der Waals surface area contributed by atoms with Gasteiger partial charge in [-0.1, -0.05) is 5.16 Å². The van der Waals surface area contributed by atoms with Gasteiger partial charge in [-0.15, -0.1) is 23.1 Å². The van der Waals surface area contributed by atoms with Gasteiger partial charge >= 0.3 is 5.97 Å². The van der Waals surface area contributed by atoms with Gasteiger partial charge in [0.15, 0.2) is 22.3 Å². The van der Waals surface area contributed by atoms with Crippen LogP contribution in [0.4, 0.5) is 5.13 Å². The fourth-order valence-corrected chi connectivity index (χ4v) is 10.0. The highest BCUT2D eigenvalue weighted by Gasteiger charge is 2.58. The maximum Gasteiger partial charge on any atom is 0.350 e. The number of hydrogen-bond donors (Lipinski definition) is 5. The van der Waals surface area contributed by atoms with E-state index in [1.54, 1.807) is 4.57 Å². The monoisotopic (exact) mass is 782 g/mol. The van der Waals surface area contributed by atoms with Crippen molar-refractivity contribution in [1.29, 1.82) is 0 Å². The van der Waals surface area contributed by atoms with E-state index in [0.717, 1.165) is 29.1 Å². The Morgan fingerprint density at radius 2 is 1.83 bits per heavy atom. The van der Waals surface area contributed by atoms with Crippen LogP contribution in [0.15, 0.2) is 45.1 Å². The third-order valence-electron chi connectivity index (χ3n) is 11.1. The number of anilines is 1. The van der Waals surface area contributed by atoms with Crippen LogP contribution in [0.3, 0.4) is 0 Å². The number of β-lactam (4-membered cyclic amide) rings is 1. The fourth-order valence-electron chi connectivity index (χ4n) is 8.04. The van der Waals surface area contributed by atoms with Crippen LogP contribution < -0.4 is 21.7 Å². The zero-order valence-electron chi connectivity index (χ0n) is 29.6. The minimum absolute atomic E-state index is 0.00112. The molecular weight excluding hydrogens is 745 g/mol. The first-order chi connectivity index (χ1) is 25.4. The maximum atomic E-state index is 13.7. The number of phenolic OH excluding ortho intramolecular Hbond substituents is 2. The molecule has 3 fully saturated rings. The van der Waals surface area contributed by atoms with E-state index >= 15 is 0 Å². The number of aliphatic carboxylic acids is 2. The van der Waals surface area contributed by atoms with Gasteiger partial charge < -0.3 is 45.6 Å². The van der Waals surface area contributed by atoms with Crippen LogP contribution in [0.2, 0.25) is 0 Å². The number of nitrogens with one attached hydrogen (secondary N) is 1. The number of likely N-dealkylation sites (N-methyl/N-ethyl adjacent to an activating group) is 1. The number of phenols is 2. The first-order valence-corrected chi connectivity index (χ1v) is 19.0. The fraction of sp³-hybridized carbons (Fsp3) is 0.471. The van der Waals surface area contributed by atoms with Crippen molar-refractivity contribution in [2.45, 2.75) is 86.8 Å². The molecule has 7 atom stereocenters. The van der Waals surface area contributed by atoms with Gasteiger partial charge in [-0.3, -0.25) is 23.9 Å². The SMILES string of the molecule is C[C@@H]1S[C@@H]2[C@H](NC(=O)/C(=N\OC(C)(C)C(=O)O)c3csc(N)n3)C(=O)N2C(C(=O)[O-])=C1C[N@@+]1(C)[C@@H]2CC[C@H]1CC(n1cnc3cc(O)c(O)cc3c1=O)C2. The summed E-state index contributed by atoms with van der Waals surface area (Å²) < 4.78 is 2.09. The van der Waals surface area contributed by atoms with Crippen LogP contribution in [0.25, 0.3) is 10.9 Å². The molecule has 3 aromatic rings. The number of quaternary nitrogens is 1. The Balaban J connectivity index is 1.11. The molecule has 3 saturated heterocycles. The van der Waals surface area contributed by atoms with E-state index in [1.807, 2.05) is 6.92 Å². The Labute approximate surface area is 315 Å². The minimum atomic E-state index is -1.80. The lowest BCUT2D eigenvalue weighted by molar-refractivity contribution is -0.945. The third-order valence-corrected chi connectivity index (χ3v) is 13.3. The highest BCUT2D eigenvalue weighted by atomic mass is 32.2. The van der Waals surface area contributed by atoms with Crippen molar-refractivity contribution < 1.29 is 48.9 Å². The number of thiazole rings is 1. The molecule has 20 heteroatoms. The van der Waals surface area contributed by atoms with E-state index in [2.05, 4.69) is 27.5 Å². The molecule has 54 heavy (non-hydrogen) atoms. The predicted molar refractivity (Wildman–Crippen MR) is 193 cm³/mol. The van der Waals surface area contributed by atoms with Crippen molar-refractivity contribution in [3.63, 3.8) is 0 Å². The molecule has 286 valence electrons. The zero-order valence-corrected chi connectivity index (χ0v) is 31.2. The van der Waals surface area contributed by atoms with Crippen molar-refractivity contribution in [3.05, 3.63) is 51.2 Å². The first kappa shape index (κ1) is 37.1. The number of nitrogens with zero attached hydrogens (tertiary/aromatic N) is 6. The number of carboxylic acids is 2. The van der Waals surface area contributed by atoms with Crippen molar-refractivity contribution in [1.82, 2.24) is 24.8 Å². The lowest BCUT2D eigenvalue weighted by Crippen LogP contribution is -2.72. The molecule has 6 N–H and O–H groups in total. The maximum absolute atomic E-state index is 13.7. The third kappa shape index (κ3) is 6.10. The van der Waals surface area contributed by atoms with Crippen LogP contribution in [-0.4, -0.2) is 117 Å². The number of nitrogen functional groups attached to an aromatic ring is 1. The summed E-state index contributed by atoms with van der Waals surface area (Å²) in [6, 6.07) is 1.23. The average molecular weight is 783 g/mol. The predicted octanol–water partition coefficient (Wildman–Crippen LogP) is 0.235. The van der Waals surface area contributed by atoms with Crippen LogP contribution in [-0.2, 0) is 24.0 Å². The van der Waals surface area contributed by atoms with Crippen molar-refractivity contribution in [3.8, 4) is 11.5 Å². The summed E-state index contributed by atoms with van der Waals surface area (Å²) in [6.45, 7) is 4.65. The van der Waals surface area contributed by atoms with Crippen LogP contribution in [0.1, 0.15) is 58.2 Å². The minimum Gasteiger partial charge on any atom is -0.543 e. The number of hydrogen-bond acceptors (Lipinski definition) is 15. The van der Waals surface area contributed by atoms with Gasteiger partial charge in [0, 0.05) is 54.0 Å². The van der Waals surface area contributed by atoms with Gasteiger partial charge in [-0.2, -0.15) is 0 Å². The number of nitrogens with two attached hydrogens (primary N) is 1. The quantitative estimate of drug-likeness (QED) is 0.0607. The summed E-state index contributed by atoms with van der Waals surface area (Å²) >= 11 is 2.33. The Hall–Kier alpha value is -5.21. The number of amides is 2. The lowest BCUT2D eigenvalue weighted by atomic mass is 9.92. The average Bonchev–Trinajstić information content (AvgIpc) is 3.56. The van der Waals surface area contributed by atoms with Crippen molar-refractivity contribution >= 4 is 68.6 Å². The zero-order chi connectivity index (χ0) is 39.0. The second kappa shape index (κ2) is 13.3. The molecule has 18 nitrogen and oxygen atoms in total. The van der Waals surface area contributed by atoms with E-state index in [4.69, 9.17) is 10.6 Å². The second-order valence-electron chi connectivity index (χ2n) is 14.7. The summed E-state index contributed by atoms with van der Waals surface area (Å²) in [5.41, 5.74) is 3.79. The van der Waals surface area contributed by atoms with Gasteiger partial charge in [0.1, 0.15) is 23.7 Å². The number of thioether (sulfide) groups is 1. The van der Waals surface area contributed by atoms with E-state index in [0.29, 0.717) is 29.4 Å². The van der Waals surface area contributed by atoms with Gasteiger partial charge in [0.25, 0.3) is 17.4 Å². The largest absolute Gasteiger partial charge is 0.543 e. The number of oxime groups is 1. The highest BCUT2D eigenvalue weighted by molar-refractivity contribution is 8.00. The van der Waals surface area contributed by atoms with Gasteiger partial charge in [-0.25, -0.2) is 14.8 Å². The van der Waals surface area contributed by atoms with Crippen LogP contribution in [0.5, 0.6) is 11.5 Å². The molecule has 1 unspecified atom stereocenters. The molecule has 0 aliphatic carbocycles. The molecule has 0 radical (unpaired) electrons. The van der Waals surface area contributed by atoms with Crippen LogP contribution >= 0.6 is 23.1 Å². The number of fused-ring (bicyclic) bond motifs is 4. The Bertz CT molecular complexity index is 2220. The molecule has 4 aliphatic heterocycles. The highest BCUT2D eigenvalue weighted by Crippen LogP contribution is 2.49. The first-order valence-electron chi connectivity index (χ1n) is 17.1. The van der Waals surface area contributed by atoms with Gasteiger partial charge in [-0.05, 0) is 26.8 Å². The van der Waals surface area contributed by atoms with Crippen molar-refractivity contribution in [2.75, 3.05) is 19.3 Å². The molecule has 4 aliphatic rings. The Kier molecular flexibility index (Phi) is 9.12. The number of carboxylic acid groups (broad SMARTS) is 2.